The minimum absolute atomic E-state index is 0.109. The average Bonchev–Trinajstić information content (AvgIpc) is 2.45. The third kappa shape index (κ3) is 2.11. The number of pyridine rings is 1. The van der Waals surface area contributed by atoms with Crippen LogP contribution in [0.15, 0.2) is 48.8 Å². The molecule has 0 unspecified atom stereocenters. The molecular weight excluding hydrogens is 259 g/mol. The molecule has 1 aliphatic rings. The quantitative estimate of drug-likeness (QED) is 0.914. The molecule has 1 fully saturated rings. The van der Waals surface area contributed by atoms with Crippen molar-refractivity contribution in [2.45, 2.75) is 5.67 Å². The largest absolute Gasteiger partial charge is 0.465 e. The number of amides is 1. The molecule has 0 spiro atoms. The van der Waals surface area contributed by atoms with Crippen LogP contribution in [0, 0.1) is 0 Å². The van der Waals surface area contributed by atoms with Gasteiger partial charge in [0.15, 0.2) is 5.67 Å². The normalized spacial score (nSPS) is 16.6. The maximum Gasteiger partial charge on any atom is 0.407 e. The van der Waals surface area contributed by atoms with Gasteiger partial charge in [-0.15, -0.1) is 0 Å². The zero-order valence-electron chi connectivity index (χ0n) is 10.7. The molecule has 1 saturated heterocycles. The van der Waals surface area contributed by atoms with E-state index in [0.29, 0.717) is 5.56 Å². The summed E-state index contributed by atoms with van der Waals surface area (Å²) in [6.07, 6.45) is 2.29. The fourth-order valence-electron chi connectivity index (χ4n) is 2.40. The summed E-state index contributed by atoms with van der Waals surface area (Å²) < 4.78 is 14.6. The second-order valence-corrected chi connectivity index (χ2v) is 4.92. The van der Waals surface area contributed by atoms with Crippen LogP contribution in [-0.2, 0) is 5.67 Å². The Kier molecular flexibility index (Phi) is 2.89. The van der Waals surface area contributed by atoms with Gasteiger partial charge in [0, 0.05) is 12.4 Å². The lowest BCUT2D eigenvalue weighted by Crippen LogP contribution is -2.58. The van der Waals surface area contributed by atoms with Crippen molar-refractivity contribution in [3.8, 4) is 11.1 Å². The third-order valence-corrected chi connectivity index (χ3v) is 3.55. The predicted octanol–water partition coefficient (Wildman–Crippen LogP) is 2.91. The summed E-state index contributed by atoms with van der Waals surface area (Å²) in [4.78, 5) is 15.8. The van der Waals surface area contributed by atoms with Crippen LogP contribution < -0.4 is 0 Å². The van der Waals surface area contributed by atoms with Crippen molar-refractivity contribution in [1.82, 2.24) is 9.88 Å². The Morgan fingerprint density at radius 3 is 2.55 bits per heavy atom. The number of likely N-dealkylation sites (tertiary alicyclic amines) is 1. The second kappa shape index (κ2) is 4.59. The number of rotatable bonds is 2. The summed E-state index contributed by atoms with van der Waals surface area (Å²) in [6.45, 7) is -0.218. The van der Waals surface area contributed by atoms with Gasteiger partial charge in [0.05, 0.1) is 13.1 Å². The fourth-order valence-corrected chi connectivity index (χ4v) is 2.40. The van der Waals surface area contributed by atoms with E-state index in [1.54, 1.807) is 30.6 Å². The first-order valence-corrected chi connectivity index (χ1v) is 6.26. The molecular formula is C15H13FN2O2. The molecule has 20 heavy (non-hydrogen) atoms. The standard InChI is InChI=1S/C15H13FN2O2/c16-15(9-18(10-15)14(19)20)13-3-1-2-12(8-13)11-4-6-17-7-5-11/h1-8H,9-10H2,(H,19,20). The molecule has 0 saturated carbocycles. The molecule has 0 aliphatic carbocycles. The Hall–Kier alpha value is -2.43. The van der Waals surface area contributed by atoms with Gasteiger partial charge in [-0.05, 0) is 34.9 Å². The van der Waals surface area contributed by atoms with Crippen LogP contribution in [0.4, 0.5) is 9.18 Å². The number of aromatic nitrogens is 1. The van der Waals surface area contributed by atoms with E-state index < -0.39 is 11.8 Å². The Balaban J connectivity index is 1.88. The number of halogens is 1. The summed E-state index contributed by atoms with van der Waals surface area (Å²) in [6, 6.07) is 10.9. The van der Waals surface area contributed by atoms with Gasteiger partial charge in [-0.1, -0.05) is 18.2 Å². The molecule has 1 amide bonds. The van der Waals surface area contributed by atoms with E-state index in [9.17, 15) is 9.18 Å². The first-order chi connectivity index (χ1) is 9.58. The number of hydrogen-bond donors (Lipinski definition) is 1. The van der Waals surface area contributed by atoms with E-state index in [-0.39, 0.29) is 13.1 Å². The van der Waals surface area contributed by atoms with Gasteiger partial charge in [0.2, 0.25) is 0 Å². The lowest BCUT2D eigenvalue weighted by atomic mass is 9.87. The van der Waals surface area contributed by atoms with Crippen molar-refractivity contribution < 1.29 is 14.3 Å². The van der Waals surface area contributed by atoms with Crippen LogP contribution in [0.2, 0.25) is 0 Å². The lowest BCUT2D eigenvalue weighted by molar-refractivity contribution is -0.0238. The van der Waals surface area contributed by atoms with Gasteiger partial charge in [0.1, 0.15) is 0 Å². The fraction of sp³-hybridized carbons (Fsp3) is 0.200. The third-order valence-electron chi connectivity index (χ3n) is 3.55. The van der Waals surface area contributed by atoms with Crippen molar-refractivity contribution in [3.05, 3.63) is 54.4 Å². The maximum atomic E-state index is 14.6. The molecule has 1 N–H and O–H groups in total. The minimum Gasteiger partial charge on any atom is -0.465 e. The monoisotopic (exact) mass is 272 g/mol. The summed E-state index contributed by atoms with van der Waals surface area (Å²) >= 11 is 0. The number of carboxylic acid groups (broad SMARTS) is 1. The van der Waals surface area contributed by atoms with Crippen molar-refractivity contribution in [2.75, 3.05) is 13.1 Å². The molecule has 1 aliphatic heterocycles. The number of benzene rings is 1. The van der Waals surface area contributed by atoms with E-state index in [0.717, 1.165) is 16.0 Å². The molecule has 3 rings (SSSR count). The van der Waals surface area contributed by atoms with Gasteiger partial charge in [-0.2, -0.15) is 0 Å². The van der Waals surface area contributed by atoms with Crippen LogP contribution in [0.25, 0.3) is 11.1 Å². The molecule has 2 heterocycles. The molecule has 1 aromatic carbocycles. The van der Waals surface area contributed by atoms with Crippen LogP contribution in [0.3, 0.4) is 0 Å². The Morgan fingerprint density at radius 1 is 1.20 bits per heavy atom. The molecule has 5 heteroatoms. The average molecular weight is 272 g/mol. The van der Waals surface area contributed by atoms with Crippen molar-refractivity contribution in [1.29, 1.82) is 0 Å². The Morgan fingerprint density at radius 2 is 1.90 bits per heavy atom. The first-order valence-electron chi connectivity index (χ1n) is 6.26. The smallest absolute Gasteiger partial charge is 0.407 e. The summed E-state index contributed by atoms with van der Waals surface area (Å²) in [7, 11) is 0. The molecule has 1 aromatic heterocycles. The van der Waals surface area contributed by atoms with Crippen LogP contribution in [0.5, 0.6) is 0 Å². The molecule has 102 valence electrons. The maximum absolute atomic E-state index is 14.6. The summed E-state index contributed by atoms with van der Waals surface area (Å²) in [5.74, 6) is 0. The zero-order chi connectivity index (χ0) is 14.2. The topological polar surface area (TPSA) is 53.4 Å². The van der Waals surface area contributed by atoms with Gasteiger partial charge < -0.3 is 10.0 Å². The highest BCUT2D eigenvalue weighted by molar-refractivity contribution is 5.68. The zero-order valence-corrected chi connectivity index (χ0v) is 10.7. The Labute approximate surface area is 115 Å². The van der Waals surface area contributed by atoms with Crippen molar-refractivity contribution in [2.24, 2.45) is 0 Å². The van der Waals surface area contributed by atoms with E-state index in [2.05, 4.69) is 4.98 Å². The molecule has 0 atom stereocenters. The van der Waals surface area contributed by atoms with Crippen molar-refractivity contribution >= 4 is 6.09 Å². The molecule has 0 radical (unpaired) electrons. The number of alkyl halides is 1. The molecule has 2 aromatic rings. The lowest BCUT2D eigenvalue weighted by Gasteiger charge is -2.43. The van der Waals surface area contributed by atoms with Gasteiger partial charge in [0.25, 0.3) is 0 Å². The van der Waals surface area contributed by atoms with E-state index in [4.69, 9.17) is 5.11 Å². The number of nitrogens with zero attached hydrogens (tertiary/aromatic N) is 2. The molecule has 0 bridgehead atoms. The van der Waals surface area contributed by atoms with Gasteiger partial charge in [-0.3, -0.25) is 4.98 Å². The summed E-state index contributed by atoms with van der Waals surface area (Å²) in [5.41, 5.74) is 0.793. The second-order valence-electron chi connectivity index (χ2n) is 4.92. The number of carbonyl (C=O) groups is 1. The predicted molar refractivity (Wildman–Crippen MR) is 72.1 cm³/mol. The highest BCUT2D eigenvalue weighted by atomic mass is 19.1. The SMILES string of the molecule is O=C(O)N1CC(F)(c2cccc(-c3ccncc3)c2)C1. The Bertz CT molecular complexity index is 639. The van der Waals surface area contributed by atoms with Gasteiger partial charge in [-0.25, -0.2) is 9.18 Å². The van der Waals surface area contributed by atoms with Crippen molar-refractivity contribution in [3.63, 3.8) is 0 Å². The summed E-state index contributed by atoms with van der Waals surface area (Å²) in [5, 5.41) is 8.80. The van der Waals surface area contributed by atoms with E-state index in [1.165, 1.54) is 0 Å². The minimum atomic E-state index is -1.58. The highest BCUT2D eigenvalue weighted by Crippen LogP contribution is 2.37. The highest BCUT2D eigenvalue weighted by Gasteiger charge is 2.47. The van der Waals surface area contributed by atoms with Gasteiger partial charge >= 0.3 is 6.09 Å². The van der Waals surface area contributed by atoms with Crippen LogP contribution in [-0.4, -0.2) is 34.2 Å². The number of hydrogen-bond acceptors (Lipinski definition) is 2. The van der Waals surface area contributed by atoms with Crippen LogP contribution >= 0.6 is 0 Å². The van der Waals surface area contributed by atoms with Crippen LogP contribution in [0.1, 0.15) is 5.56 Å². The van der Waals surface area contributed by atoms with E-state index >= 15 is 0 Å². The molecule has 4 nitrogen and oxygen atoms in total. The van der Waals surface area contributed by atoms with E-state index in [1.807, 2.05) is 18.2 Å². The first kappa shape index (κ1) is 12.6.